The zero-order valence-corrected chi connectivity index (χ0v) is 13.2. The van der Waals surface area contributed by atoms with Gasteiger partial charge < -0.3 is 15.0 Å². The van der Waals surface area contributed by atoms with E-state index in [1.165, 1.54) is 4.90 Å². The van der Waals surface area contributed by atoms with Crippen molar-refractivity contribution in [2.24, 2.45) is 0 Å². The van der Waals surface area contributed by atoms with E-state index < -0.39 is 24.6 Å². The molecule has 2 rings (SSSR count). The van der Waals surface area contributed by atoms with Crippen molar-refractivity contribution in [1.82, 2.24) is 15.2 Å². The fraction of sp³-hybridized carbons (Fsp3) is 0.538. The van der Waals surface area contributed by atoms with Crippen LogP contribution in [0.5, 0.6) is 0 Å². The topological polar surface area (TPSA) is 54.5 Å². The number of nitrogens with one attached hydrogen (secondary N) is 1. The second-order valence-corrected chi connectivity index (χ2v) is 5.82. The Labute approximate surface area is 129 Å². The standard InChI is InChI=1S/C13H16BrF2N3O2/c1-8(9-3-4-17-5-10(9)14)19(2)12(20)18-11-6-21-7-13(11,15)16/h3-5,8,11H,6-7H2,1-2H3,(H,18,20)/t8-,11-/m1/s1. The van der Waals surface area contributed by atoms with Gasteiger partial charge in [0.15, 0.2) is 0 Å². The lowest BCUT2D eigenvalue weighted by atomic mass is 10.1. The van der Waals surface area contributed by atoms with E-state index in [2.05, 4.69) is 26.2 Å². The Morgan fingerprint density at radius 3 is 2.95 bits per heavy atom. The van der Waals surface area contributed by atoms with Gasteiger partial charge in [0.1, 0.15) is 12.6 Å². The van der Waals surface area contributed by atoms with Crippen molar-refractivity contribution in [2.45, 2.75) is 24.9 Å². The molecule has 1 aromatic rings. The number of aromatic nitrogens is 1. The van der Waals surface area contributed by atoms with Crippen molar-refractivity contribution >= 4 is 22.0 Å². The van der Waals surface area contributed by atoms with Crippen molar-refractivity contribution in [3.8, 4) is 0 Å². The van der Waals surface area contributed by atoms with Gasteiger partial charge in [-0.3, -0.25) is 4.98 Å². The second kappa shape index (κ2) is 6.23. The molecule has 0 aromatic carbocycles. The van der Waals surface area contributed by atoms with Gasteiger partial charge in [-0.05, 0) is 34.5 Å². The molecule has 0 unspecified atom stereocenters. The highest BCUT2D eigenvalue weighted by Crippen LogP contribution is 2.28. The van der Waals surface area contributed by atoms with Gasteiger partial charge in [-0.25, -0.2) is 13.6 Å². The Balaban J connectivity index is 2.04. The van der Waals surface area contributed by atoms with E-state index in [0.29, 0.717) is 0 Å². The predicted octanol–water partition coefficient (Wildman–Crippen LogP) is 2.58. The molecule has 2 heterocycles. The van der Waals surface area contributed by atoms with Crippen LogP contribution in [0, 0.1) is 0 Å². The Kier molecular flexibility index (Phi) is 4.77. The lowest BCUT2D eigenvalue weighted by Gasteiger charge is -2.28. The van der Waals surface area contributed by atoms with Crippen molar-refractivity contribution in [2.75, 3.05) is 20.3 Å². The first kappa shape index (κ1) is 16.1. The van der Waals surface area contributed by atoms with Gasteiger partial charge >= 0.3 is 6.03 Å². The fourth-order valence-electron chi connectivity index (χ4n) is 2.04. The minimum atomic E-state index is -3.03. The molecule has 0 spiro atoms. The summed E-state index contributed by atoms with van der Waals surface area (Å²) in [6, 6.07) is -0.383. The van der Waals surface area contributed by atoms with Gasteiger partial charge in [0.05, 0.1) is 12.6 Å². The minimum Gasteiger partial charge on any atom is -0.373 e. The molecule has 2 atom stereocenters. The summed E-state index contributed by atoms with van der Waals surface area (Å²) in [7, 11) is 1.56. The molecule has 21 heavy (non-hydrogen) atoms. The Morgan fingerprint density at radius 2 is 2.38 bits per heavy atom. The molecule has 1 aliphatic rings. The molecule has 0 aliphatic carbocycles. The highest BCUT2D eigenvalue weighted by molar-refractivity contribution is 9.10. The van der Waals surface area contributed by atoms with Crippen molar-refractivity contribution in [3.05, 3.63) is 28.5 Å². The summed E-state index contributed by atoms with van der Waals surface area (Å²) < 4.78 is 32.4. The number of urea groups is 1. The Hall–Kier alpha value is -1.28. The zero-order chi connectivity index (χ0) is 15.6. The molecule has 2 amide bonds. The monoisotopic (exact) mass is 363 g/mol. The van der Waals surface area contributed by atoms with Crippen LogP contribution in [0.1, 0.15) is 18.5 Å². The molecule has 116 valence electrons. The van der Waals surface area contributed by atoms with Gasteiger partial charge in [0, 0.05) is 23.9 Å². The second-order valence-electron chi connectivity index (χ2n) is 4.96. The largest absolute Gasteiger partial charge is 0.373 e. The lowest BCUT2D eigenvalue weighted by molar-refractivity contribution is -0.0223. The van der Waals surface area contributed by atoms with Gasteiger partial charge in [-0.1, -0.05) is 0 Å². The van der Waals surface area contributed by atoms with E-state index in [0.717, 1.165) is 10.0 Å². The molecule has 8 heteroatoms. The zero-order valence-electron chi connectivity index (χ0n) is 11.6. The molecule has 0 saturated carbocycles. The maximum absolute atomic E-state index is 13.4. The van der Waals surface area contributed by atoms with Crippen LogP contribution in [0.4, 0.5) is 13.6 Å². The van der Waals surface area contributed by atoms with E-state index in [1.807, 2.05) is 6.92 Å². The molecule has 1 aliphatic heterocycles. The summed E-state index contributed by atoms with van der Waals surface area (Å²) >= 11 is 3.36. The molecular formula is C13H16BrF2N3O2. The van der Waals surface area contributed by atoms with E-state index in [-0.39, 0.29) is 12.6 Å². The normalized spacial score (nSPS) is 21.9. The van der Waals surface area contributed by atoms with Crippen LogP contribution in [-0.4, -0.2) is 48.1 Å². The number of pyridine rings is 1. The van der Waals surface area contributed by atoms with Crippen LogP contribution in [-0.2, 0) is 4.74 Å². The molecule has 1 N–H and O–H groups in total. The lowest BCUT2D eigenvalue weighted by Crippen LogP contribution is -2.51. The maximum Gasteiger partial charge on any atom is 0.318 e. The number of hydrogen-bond acceptors (Lipinski definition) is 3. The molecule has 5 nitrogen and oxygen atoms in total. The van der Waals surface area contributed by atoms with Crippen LogP contribution >= 0.6 is 15.9 Å². The molecule has 1 saturated heterocycles. The van der Waals surface area contributed by atoms with Gasteiger partial charge in [-0.15, -0.1) is 0 Å². The summed E-state index contributed by atoms with van der Waals surface area (Å²) in [4.78, 5) is 17.4. The highest BCUT2D eigenvalue weighted by atomic mass is 79.9. The van der Waals surface area contributed by atoms with Gasteiger partial charge in [0.2, 0.25) is 0 Å². The summed E-state index contributed by atoms with van der Waals surface area (Å²) in [6.45, 7) is 0.968. The maximum atomic E-state index is 13.4. The average Bonchev–Trinajstić information content (AvgIpc) is 2.77. The van der Waals surface area contributed by atoms with Gasteiger partial charge in [-0.2, -0.15) is 0 Å². The quantitative estimate of drug-likeness (QED) is 0.897. The van der Waals surface area contributed by atoms with Gasteiger partial charge in [0.25, 0.3) is 5.92 Å². The first-order valence-corrected chi connectivity index (χ1v) is 7.20. The number of alkyl halides is 2. The number of carbonyl (C=O) groups excluding carboxylic acids is 1. The van der Waals surface area contributed by atoms with Crippen LogP contribution in [0.25, 0.3) is 0 Å². The van der Waals surface area contributed by atoms with Crippen molar-refractivity contribution in [3.63, 3.8) is 0 Å². The summed E-state index contributed by atoms with van der Waals surface area (Å²) in [6.07, 6.45) is 3.23. The summed E-state index contributed by atoms with van der Waals surface area (Å²) in [5, 5.41) is 2.32. The first-order chi connectivity index (χ1) is 9.83. The number of amides is 2. The minimum absolute atomic E-state index is 0.181. The third-order valence-corrected chi connectivity index (χ3v) is 4.20. The van der Waals surface area contributed by atoms with E-state index in [1.54, 1.807) is 25.5 Å². The molecule has 1 fully saturated rings. The SMILES string of the molecule is C[C@H](c1ccncc1Br)N(C)C(=O)N[C@@H]1COCC1(F)F. The predicted molar refractivity (Wildman–Crippen MR) is 76.2 cm³/mol. The first-order valence-electron chi connectivity index (χ1n) is 6.41. The number of rotatable bonds is 3. The Morgan fingerprint density at radius 1 is 1.67 bits per heavy atom. The highest BCUT2D eigenvalue weighted by Gasteiger charge is 2.46. The fourth-order valence-corrected chi connectivity index (χ4v) is 2.62. The van der Waals surface area contributed by atoms with Crippen molar-refractivity contribution < 1.29 is 18.3 Å². The van der Waals surface area contributed by atoms with Crippen molar-refractivity contribution in [1.29, 1.82) is 0 Å². The van der Waals surface area contributed by atoms with E-state index in [4.69, 9.17) is 4.74 Å². The van der Waals surface area contributed by atoms with Crippen LogP contribution in [0.3, 0.4) is 0 Å². The van der Waals surface area contributed by atoms with E-state index in [9.17, 15) is 13.6 Å². The number of nitrogens with zero attached hydrogens (tertiary/aromatic N) is 2. The van der Waals surface area contributed by atoms with Crippen LogP contribution in [0.15, 0.2) is 22.9 Å². The third kappa shape index (κ3) is 3.49. The summed E-state index contributed by atoms with van der Waals surface area (Å²) in [5.41, 5.74) is 0.845. The molecule has 1 aromatic heterocycles. The summed E-state index contributed by atoms with van der Waals surface area (Å²) in [5.74, 6) is -3.03. The third-order valence-electron chi connectivity index (χ3n) is 3.54. The van der Waals surface area contributed by atoms with E-state index >= 15 is 0 Å². The average molecular weight is 364 g/mol. The van der Waals surface area contributed by atoms with Crippen LogP contribution in [0.2, 0.25) is 0 Å². The molecule has 0 radical (unpaired) electrons. The number of halogens is 3. The number of ether oxygens (including phenoxy) is 1. The smallest absolute Gasteiger partial charge is 0.318 e. The number of hydrogen-bond donors (Lipinski definition) is 1. The molecular weight excluding hydrogens is 348 g/mol. The molecule has 0 bridgehead atoms. The van der Waals surface area contributed by atoms with Crippen LogP contribution < -0.4 is 5.32 Å². The number of carbonyl (C=O) groups is 1. The Bertz CT molecular complexity index is 530.